The van der Waals surface area contributed by atoms with Crippen LogP contribution in [-0.4, -0.2) is 69.2 Å². The molecule has 1 fully saturated rings. The Morgan fingerprint density at radius 3 is 2.57 bits per heavy atom. The lowest BCUT2D eigenvalue weighted by molar-refractivity contribution is -0.0654. The Labute approximate surface area is 143 Å². The van der Waals surface area contributed by atoms with Gasteiger partial charge in [-0.15, -0.1) is 0 Å². The van der Waals surface area contributed by atoms with Crippen molar-refractivity contribution in [2.45, 2.75) is 18.4 Å². The normalized spacial score (nSPS) is 17.4. The van der Waals surface area contributed by atoms with Crippen molar-refractivity contribution in [2.75, 3.05) is 53.2 Å². The lowest BCUT2D eigenvalue weighted by atomic mass is 9.90. The average molecular weight is 340 g/mol. The molecule has 0 unspecified atom stereocenters. The van der Waals surface area contributed by atoms with Gasteiger partial charge in [-0.1, -0.05) is 11.6 Å². The molecule has 1 N–H and O–H groups in total. The zero-order chi connectivity index (χ0) is 17.0. The number of piperidine rings is 1. The molecule has 0 aliphatic carbocycles. The summed E-state index contributed by atoms with van der Waals surface area (Å²) in [4.78, 5) is 16.9. The quantitative estimate of drug-likeness (QED) is 0.895. The number of carbonyl (C=O) groups excluding carboxylic acids is 1. The molecular weight excluding hydrogens is 314 g/mol. The van der Waals surface area contributed by atoms with Crippen LogP contribution in [0.4, 0.5) is 5.69 Å². The Balaban J connectivity index is 2.11. The Kier molecular flexibility index (Phi) is 5.89. The third-order valence-electron chi connectivity index (χ3n) is 4.48. The molecule has 1 aromatic rings. The van der Waals surface area contributed by atoms with Crippen molar-refractivity contribution in [2.24, 2.45) is 0 Å². The van der Waals surface area contributed by atoms with Crippen LogP contribution in [0.3, 0.4) is 0 Å². The first-order chi connectivity index (χ1) is 10.9. The summed E-state index contributed by atoms with van der Waals surface area (Å²) in [6, 6.07) is 5.35. The lowest BCUT2D eigenvalue weighted by Crippen LogP contribution is -2.52. The number of hydrogen-bond acceptors (Lipinski definition) is 4. The summed E-state index contributed by atoms with van der Waals surface area (Å²) in [7, 11) is 7.66. The minimum absolute atomic E-state index is 0.0198. The van der Waals surface area contributed by atoms with Crippen LogP contribution in [0.2, 0.25) is 5.02 Å². The van der Waals surface area contributed by atoms with E-state index < -0.39 is 0 Å². The molecule has 23 heavy (non-hydrogen) atoms. The monoisotopic (exact) mass is 339 g/mol. The topological polar surface area (TPSA) is 44.8 Å². The second-order valence-electron chi connectivity index (χ2n) is 6.36. The van der Waals surface area contributed by atoms with Gasteiger partial charge in [0.2, 0.25) is 0 Å². The largest absolute Gasteiger partial charge is 0.387 e. The minimum Gasteiger partial charge on any atom is -0.387 e. The van der Waals surface area contributed by atoms with E-state index in [9.17, 15) is 4.79 Å². The number of carbonyl (C=O) groups is 1. The summed E-state index contributed by atoms with van der Waals surface area (Å²) in [6.07, 6.45) is 1.67. The molecule has 6 heteroatoms. The van der Waals surface area contributed by atoms with Gasteiger partial charge in [-0.05, 0) is 45.1 Å². The predicted octanol–water partition coefficient (Wildman–Crippen LogP) is 2.56. The van der Waals surface area contributed by atoms with E-state index in [0.717, 1.165) is 25.1 Å². The highest BCUT2D eigenvalue weighted by Gasteiger charge is 2.36. The highest BCUT2D eigenvalue weighted by molar-refractivity contribution is 6.31. The lowest BCUT2D eigenvalue weighted by Gasteiger charge is -2.42. The zero-order valence-electron chi connectivity index (χ0n) is 14.4. The van der Waals surface area contributed by atoms with E-state index in [4.69, 9.17) is 16.3 Å². The molecular formula is C17H26ClN3O2. The number of likely N-dealkylation sites (tertiary alicyclic amines) is 1. The SMILES string of the molecule is CNc1ccc(Cl)cc1C(=O)N1CCC(CN(C)C)(OC)CC1. The third-order valence-corrected chi connectivity index (χ3v) is 4.72. The van der Waals surface area contributed by atoms with Gasteiger partial charge in [0.1, 0.15) is 0 Å². The minimum atomic E-state index is -0.166. The van der Waals surface area contributed by atoms with Crippen LogP contribution in [0, 0.1) is 0 Å². The molecule has 0 atom stereocenters. The molecule has 1 saturated heterocycles. The molecule has 1 amide bonds. The maximum absolute atomic E-state index is 12.8. The summed E-state index contributed by atoms with van der Waals surface area (Å²) < 4.78 is 5.77. The van der Waals surface area contributed by atoms with Gasteiger partial charge < -0.3 is 19.9 Å². The van der Waals surface area contributed by atoms with Crippen LogP contribution in [-0.2, 0) is 4.74 Å². The van der Waals surface area contributed by atoms with Crippen LogP contribution < -0.4 is 5.32 Å². The van der Waals surface area contributed by atoms with E-state index in [1.165, 1.54) is 0 Å². The van der Waals surface area contributed by atoms with Crippen LogP contribution in [0.5, 0.6) is 0 Å². The first-order valence-corrected chi connectivity index (χ1v) is 8.25. The summed E-state index contributed by atoms with van der Waals surface area (Å²) in [5, 5.41) is 3.63. The van der Waals surface area contributed by atoms with Gasteiger partial charge >= 0.3 is 0 Å². The van der Waals surface area contributed by atoms with Gasteiger partial charge in [0, 0.05) is 44.5 Å². The number of anilines is 1. The van der Waals surface area contributed by atoms with E-state index in [2.05, 4.69) is 10.2 Å². The van der Waals surface area contributed by atoms with Gasteiger partial charge in [0.25, 0.3) is 5.91 Å². The number of likely N-dealkylation sites (N-methyl/N-ethyl adjacent to an activating group) is 1. The second-order valence-corrected chi connectivity index (χ2v) is 6.79. The summed E-state index contributed by atoms with van der Waals surface area (Å²) in [6.45, 7) is 2.25. The number of methoxy groups -OCH3 is 1. The van der Waals surface area contributed by atoms with E-state index in [0.29, 0.717) is 23.7 Å². The summed E-state index contributed by atoms with van der Waals surface area (Å²) in [5.74, 6) is 0.0198. The summed E-state index contributed by atoms with van der Waals surface area (Å²) >= 11 is 6.06. The fraction of sp³-hybridized carbons (Fsp3) is 0.588. The number of nitrogens with one attached hydrogen (secondary N) is 1. The molecule has 0 spiro atoms. The molecule has 1 aliphatic rings. The fourth-order valence-corrected chi connectivity index (χ4v) is 3.37. The van der Waals surface area contributed by atoms with Gasteiger partial charge in [-0.2, -0.15) is 0 Å². The average Bonchev–Trinajstić information content (AvgIpc) is 2.54. The number of amides is 1. The van der Waals surface area contributed by atoms with Crippen molar-refractivity contribution in [1.82, 2.24) is 9.80 Å². The Hall–Kier alpha value is -1.30. The molecule has 0 saturated carbocycles. The molecule has 0 aromatic heterocycles. The first kappa shape index (κ1) is 18.0. The van der Waals surface area contributed by atoms with Gasteiger partial charge in [-0.3, -0.25) is 4.79 Å². The number of benzene rings is 1. The molecule has 0 radical (unpaired) electrons. The first-order valence-electron chi connectivity index (χ1n) is 7.87. The molecule has 1 aromatic carbocycles. The maximum Gasteiger partial charge on any atom is 0.256 e. The molecule has 1 heterocycles. The molecule has 128 valence electrons. The molecule has 0 bridgehead atoms. The molecule has 1 aliphatic heterocycles. The van der Waals surface area contributed by atoms with Crippen molar-refractivity contribution < 1.29 is 9.53 Å². The smallest absolute Gasteiger partial charge is 0.256 e. The second kappa shape index (κ2) is 7.51. The fourth-order valence-electron chi connectivity index (χ4n) is 3.20. The van der Waals surface area contributed by atoms with Crippen molar-refractivity contribution in [1.29, 1.82) is 0 Å². The van der Waals surface area contributed by atoms with Crippen LogP contribution >= 0.6 is 11.6 Å². The van der Waals surface area contributed by atoms with E-state index in [-0.39, 0.29) is 11.5 Å². The van der Waals surface area contributed by atoms with Crippen molar-refractivity contribution in [3.8, 4) is 0 Å². The van der Waals surface area contributed by atoms with Gasteiger partial charge in [0.15, 0.2) is 0 Å². The molecule has 5 nitrogen and oxygen atoms in total. The third kappa shape index (κ3) is 4.16. The Bertz CT molecular complexity index is 555. The van der Waals surface area contributed by atoms with E-state index in [1.807, 2.05) is 32.1 Å². The van der Waals surface area contributed by atoms with Crippen LogP contribution in [0.25, 0.3) is 0 Å². The zero-order valence-corrected chi connectivity index (χ0v) is 15.1. The molecule has 2 rings (SSSR count). The van der Waals surface area contributed by atoms with E-state index in [1.54, 1.807) is 19.2 Å². The van der Waals surface area contributed by atoms with Crippen molar-refractivity contribution >= 4 is 23.2 Å². The number of rotatable bonds is 5. The highest BCUT2D eigenvalue weighted by atomic mass is 35.5. The van der Waals surface area contributed by atoms with E-state index >= 15 is 0 Å². The number of hydrogen-bond donors (Lipinski definition) is 1. The number of ether oxygens (including phenoxy) is 1. The van der Waals surface area contributed by atoms with Crippen molar-refractivity contribution in [3.05, 3.63) is 28.8 Å². The Morgan fingerprint density at radius 1 is 1.39 bits per heavy atom. The van der Waals surface area contributed by atoms with Gasteiger partial charge in [0.05, 0.1) is 11.2 Å². The maximum atomic E-state index is 12.8. The van der Waals surface area contributed by atoms with Crippen LogP contribution in [0.15, 0.2) is 18.2 Å². The number of halogens is 1. The van der Waals surface area contributed by atoms with Gasteiger partial charge in [-0.25, -0.2) is 0 Å². The standard InChI is InChI=1S/C17H26ClN3O2/c1-19-15-6-5-13(18)11-14(15)16(22)21-9-7-17(23-4,8-10-21)12-20(2)3/h5-6,11,19H,7-10,12H2,1-4H3. The highest BCUT2D eigenvalue weighted by Crippen LogP contribution is 2.29. The van der Waals surface area contributed by atoms with Crippen LogP contribution in [0.1, 0.15) is 23.2 Å². The summed E-state index contributed by atoms with van der Waals surface area (Å²) in [5.41, 5.74) is 1.26. The predicted molar refractivity (Wildman–Crippen MR) is 94.4 cm³/mol. The number of nitrogens with zero attached hydrogens (tertiary/aromatic N) is 2. The Morgan fingerprint density at radius 2 is 2.04 bits per heavy atom. The van der Waals surface area contributed by atoms with Crippen molar-refractivity contribution in [3.63, 3.8) is 0 Å².